The molecule has 1 aromatic rings. The first kappa shape index (κ1) is 17.5. The SMILES string of the molecule is Cl.[O-][N+]1=C(O)C2=[N+]([O-])C(Cc3ccc(Cl)c(Cl)c3)C=CN2C=C1. The number of hydrogen-bond donors (Lipinski definition) is 1. The number of fused-ring (bicyclic) bond motifs is 1. The van der Waals surface area contributed by atoms with Crippen molar-refractivity contribution in [2.24, 2.45) is 0 Å². The van der Waals surface area contributed by atoms with E-state index in [1.54, 1.807) is 30.5 Å². The van der Waals surface area contributed by atoms with Gasteiger partial charge in [-0.2, -0.15) is 4.90 Å². The summed E-state index contributed by atoms with van der Waals surface area (Å²) in [6, 6.07) is 4.56. The second-order valence-corrected chi connectivity index (χ2v) is 5.68. The average molecular weight is 377 g/mol. The summed E-state index contributed by atoms with van der Waals surface area (Å²) in [6.07, 6.45) is 6.21. The van der Waals surface area contributed by atoms with Crippen LogP contribution in [0.25, 0.3) is 0 Å². The average Bonchev–Trinajstić information content (AvgIpc) is 2.49. The van der Waals surface area contributed by atoms with Gasteiger partial charge in [-0.25, -0.2) is 0 Å². The lowest BCUT2D eigenvalue weighted by Gasteiger charge is -2.27. The van der Waals surface area contributed by atoms with Crippen molar-refractivity contribution in [1.82, 2.24) is 4.90 Å². The number of halogens is 3. The fraction of sp³-hybridized carbons (Fsp3) is 0.143. The van der Waals surface area contributed by atoms with Crippen LogP contribution in [-0.2, 0) is 6.42 Å². The summed E-state index contributed by atoms with van der Waals surface area (Å²) in [4.78, 5) is 1.39. The van der Waals surface area contributed by atoms with Crippen LogP contribution in [0.5, 0.6) is 0 Å². The minimum atomic E-state index is -0.638. The molecule has 0 spiro atoms. The Hall–Kier alpha value is -1.89. The third kappa shape index (κ3) is 3.24. The highest BCUT2D eigenvalue weighted by atomic mass is 35.5. The third-order valence-electron chi connectivity index (χ3n) is 3.42. The first-order valence-electron chi connectivity index (χ1n) is 6.42. The lowest BCUT2D eigenvalue weighted by atomic mass is 10.1. The molecule has 2 aliphatic heterocycles. The largest absolute Gasteiger partial charge is 0.714 e. The van der Waals surface area contributed by atoms with E-state index in [4.69, 9.17) is 23.2 Å². The van der Waals surface area contributed by atoms with E-state index in [0.29, 0.717) is 21.2 Å². The maximum absolute atomic E-state index is 12.4. The summed E-state index contributed by atoms with van der Waals surface area (Å²) in [5.74, 6) is -0.744. The van der Waals surface area contributed by atoms with Crippen LogP contribution in [0.15, 0.2) is 42.9 Å². The summed E-state index contributed by atoms with van der Waals surface area (Å²) in [6.45, 7) is 0. The van der Waals surface area contributed by atoms with Gasteiger partial charge in [0.15, 0.2) is 6.20 Å². The van der Waals surface area contributed by atoms with Crippen molar-refractivity contribution in [3.8, 4) is 0 Å². The van der Waals surface area contributed by atoms with E-state index in [1.165, 1.54) is 11.1 Å². The van der Waals surface area contributed by atoms with Crippen LogP contribution < -0.4 is 0 Å². The highest BCUT2D eigenvalue weighted by molar-refractivity contribution is 6.42. The zero-order valence-electron chi connectivity index (χ0n) is 11.6. The topological polar surface area (TPSA) is 75.6 Å². The minimum Gasteiger partial charge on any atom is -0.714 e. The van der Waals surface area contributed by atoms with Crippen molar-refractivity contribution in [2.75, 3.05) is 0 Å². The molecule has 3 rings (SSSR count). The van der Waals surface area contributed by atoms with Crippen molar-refractivity contribution in [3.63, 3.8) is 0 Å². The molecule has 1 N–H and O–H groups in total. The molecule has 0 saturated carbocycles. The summed E-state index contributed by atoms with van der Waals surface area (Å²) < 4.78 is 0.846. The Kier molecular flexibility index (Phi) is 5.09. The number of benzene rings is 1. The lowest BCUT2D eigenvalue weighted by Crippen LogP contribution is -2.47. The summed E-state index contributed by atoms with van der Waals surface area (Å²) >= 11 is 11.8. The molecular formula is C14H12Cl3N3O3. The van der Waals surface area contributed by atoms with Crippen LogP contribution in [0.4, 0.5) is 0 Å². The molecule has 1 aromatic carbocycles. The Labute approximate surface area is 148 Å². The predicted molar refractivity (Wildman–Crippen MR) is 91.2 cm³/mol. The van der Waals surface area contributed by atoms with Crippen LogP contribution >= 0.6 is 35.6 Å². The fourth-order valence-electron chi connectivity index (χ4n) is 2.31. The maximum Gasteiger partial charge on any atom is 0.470 e. The summed E-state index contributed by atoms with van der Waals surface area (Å²) in [5.41, 5.74) is 0.823. The highest BCUT2D eigenvalue weighted by Gasteiger charge is 2.38. The Morgan fingerprint density at radius 3 is 2.61 bits per heavy atom. The van der Waals surface area contributed by atoms with Crippen molar-refractivity contribution in [2.45, 2.75) is 12.5 Å². The van der Waals surface area contributed by atoms with Crippen LogP contribution in [0, 0.1) is 10.4 Å². The number of amidine groups is 1. The van der Waals surface area contributed by atoms with E-state index in [0.717, 1.165) is 11.8 Å². The third-order valence-corrected chi connectivity index (χ3v) is 4.16. The van der Waals surface area contributed by atoms with Gasteiger partial charge in [0.25, 0.3) is 0 Å². The van der Waals surface area contributed by atoms with E-state index in [9.17, 15) is 15.5 Å². The highest BCUT2D eigenvalue weighted by Crippen LogP contribution is 2.24. The van der Waals surface area contributed by atoms with Gasteiger partial charge in [0.2, 0.25) is 6.20 Å². The molecule has 1 atom stereocenters. The number of rotatable bonds is 2. The van der Waals surface area contributed by atoms with Gasteiger partial charge in [0, 0.05) is 12.5 Å². The normalized spacial score (nSPS) is 19.7. The van der Waals surface area contributed by atoms with E-state index < -0.39 is 11.9 Å². The molecule has 0 aromatic heterocycles. The molecule has 0 fully saturated rings. The monoisotopic (exact) mass is 375 g/mol. The molecule has 122 valence electrons. The van der Waals surface area contributed by atoms with Crippen molar-refractivity contribution in [1.29, 1.82) is 0 Å². The molecule has 6 nitrogen and oxygen atoms in total. The Morgan fingerprint density at radius 2 is 1.91 bits per heavy atom. The first-order chi connectivity index (χ1) is 10.5. The molecule has 2 heterocycles. The van der Waals surface area contributed by atoms with Crippen LogP contribution in [-0.4, -0.2) is 37.3 Å². The lowest BCUT2D eigenvalue weighted by molar-refractivity contribution is -0.496. The summed E-state index contributed by atoms with van der Waals surface area (Å²) in [5, 5.41) is 34.5. The minimum absolute atomic E-state index is 0. The van der Waals surface area contributed by atoms with Crippen molar-refractivity contribution >= 4 is 47.3 Å². The van der Waals surface area contributed by atoms with Gasteiger partial charge >= 0.3 is 11.7 Å². The van der Waals surface area contributed by atoms with Gasteiger partial charge in [-0.05, 0) is 17.7 Å². The fourth-order valence-corrected chi connectivity index (χ4v) is 2.63. The van der Waals surface area contributed by atoms with E-state index in [2.05, 4.69) is 0 Å². The predicted octanol–water partition coefficient (Wildman–Crippen LogP) is 3.02. The number of hydroxylamine groups is 2. The van der Waals surface area contributed by atoms with E-state index in [-0.39, 0.29) is 23.0 Å². The van der Waals surface area contributed by atoms with Gasteiger partial charge in [-0.1, -0.05) is 29.3 Å². The van der Waals surface area contributed by atoms with Gasteiger partial charge in [-0.3, -0.25) is 4.74 Å². The van der Waals surface area contributed by atoms with Gasteiger partial charge < -0.3 is 15.5 Å². The first-order valence-corrected chi connectivity index (χ1v) is 7.18. The zero-order chi connectivity index (χ0) is 15.9. The van der Waals surface area contributed by atoms with Crippen LogP contribution in [0.1, 0.15) is 5.56 Å². The zero-order valence-corrected chi connectivity index (χ0v) is 13.9. The standard InChI is InChI=1S/C14H11Cl2N3O3.ClH/c15-11-2-1-9(8-12(11)16)7-10-3-4-17-5-6-18(21)14(20)13(17)19(10)22;/h1-6,8,10,20H,7H2;1H. The maximum atomic E-state index is 12.4. The number of nitrogens with zero attached hydrogens (tertiary/aromatic N) is 3. The van der Waals surface area contributed by atoms with E-state index >= 15 is 0 Å². The molecule has 0 amide bonds. The molecular weight excluding hydrogens is 365 g/mol. The summed E-state index contributed by atoms with van der Waals surface area (Å²) in [7, 11) is 0. The molecule has 23 heavy (non-hydrogen) atoms. The molecule has 0 aliphatic carbocycles. The second-order valence-electron chi connectivity index (χ2n) is 4.87. The van der Waals surface area contributed by atoms with Gasteiger partial charge in [0.1, 0.15) is 6.04 Å². The Morgan fingerprint density at radius 1 is 1.17 bits per heavy atom. The molecule has 0 bridgehead atoms. The number of aliphatic hydroxyl groups is 1. The number of aliphatic hydroxyl groups excluding tert-OH is 1. The van der Waals surface area contributed by atoms with Gasteiger partial charge in [-0.15, -0.1) is 17.1 Å². The smallest absolute Gasteiger partial charge is 0.470 e. The van der Waals surface area contributed by atoms with E-state index in [1.807, 2.05) is 0 Å². The number of hydrogen-bond acceptors (Lipinski definition) is 3. The Balaban J connectivity index is 0.00000192. The van der Waals surface area contributed by atoms with Crippen molar-refractivity contribution in [3.05, 3.63) is 68.9 Å². The second kappa shape index (κ2) is 6.70. The molecule has 2 aliphatic rings. The van der Waals surface area contributed by atoms with Gasteiger partial charge in [0.05, 0.1) is 16.2 Å². The molecule has 9 heteroatoms. The quantitative estimate of drug-likeness (QED) is 0.636. The van der Waals surface area contributed by atoms with Crippen molar-refractivity contribution < 1.29 is 14.6 Å². The molecule has 0 radical (unpaired) electrons. The van der Waals surface area contributed by atoms with Crippen LogP contribution in [0.2, 0.25) is 10.0 Å². The molecule has 1 unspecified atom stereocenters. The molecule has 0 saturated heterocycles. The Bertz CT molecular complexity index is 759. The van der Waals surface area contributed by atoms with Crippen LogP contribution in [0.3, 0.4) is 0 Å².